The van der Waals surface area contributed by atoms with E-state index in [-0.39, 0.29) is 18.6 Å². The van der Waals surface area contributed by atoms with Gasteiger partial charge in [0.05, 0.1) is 11.0 Å². The summed E-state index contributed by atoms with van der Waals surface area (Å²) in [6.07, 6.45) is 4.57. The molecule has 5 nitrogen and oxygen atoms in total. The highest BCUT2D eigenvalue weighted by Crippen LogP contribution is 2.32. The van der Waals surface area contributed by atoms with Gasteiger partial charge in [-0.15, -0.1) is 0 Å². The predicted octanol–water partition coefficient (Wildman–Crippen LogP) is -0.487. The Balaban J connectivity index is 2.07. The first kappa shape index (κ1) is 10.3. The molecule has 1 unspecified atom stereocenters. The monoisotopic (exact) mass is 208 g/mol. The van der Waals surface area contributed by atoms with Gasteiger partial charge in [0.15, 0.2) is 0 Å². The predicted molar refractivity (Wildman–Crippen MR) is 53.3 cm³/mol. The van der Waals surface area contributed by atoms with E-state index in [0.29, 0.717) is 0 Å². The van der Waals surface area contributed by atoms with Gasteiger partial charge in [0, 0.05) is 12.8 Å². The molecule has 1 aliphatic carbocycles. The van der Waals surface area contributed by atoms with E-state index in [4.69, 9.17) is 10.2 Å². The Bertz CT molecular complexity index is 361. The minimum atomic E-state index is -1.20. The second-order valence-electron chi connectivity index (χ2n) is 4.01. The number of carboxylic acid groups (broad SMARTS) is 1. The lowest BCUT2D eigenvalue weighted by Crippen LogP contribution is -2.40. The third-order valence-electron chi connectivity index (χ3n) is 2.69. The molecule has 0 amide bonds. The maximum Gasteiger partial charge on any atom is 0.316 e. The Morgan fingerprint density at radius 2 is 2.33 bits per heavy atom. The van der Waals surface area contributed by atoms with Gasteiger partial charge in [-0.25, -0.2) is 0 Å². The zero-order chi connectivity index (χ0) is 11.1. The Kier molecular flexibility index (Phi) is 2.13. The van der Waals surface area contributed by atoms with E-state index in [1.807, 2.05) is 0 Å². The van der Waals surface area contributed by atoms with Crippen molar-refractivity contribution in [2.45, 2.75) is 23.9 Å². The van der Waals surface area contributed by atoms with Crippen LogP contribution < -0.4 is 5.23 Å². The van der Waals surface area contributed by atoms with Crippen molar-refractivity contribution in [3.63, 3.8) is 0 Å². The molecule has 0 aromatic rings. The Morgan fingerprint density at radius 3 is 2.73 bits per heavy atom. The summed E-state index contributed by atoms with van der Waals surface area (Å²) in [5.74, 6) is -0.903. The van der Waals surface area contributed by atoms with Gasteiger partial charge in [-0.2, -0.15) is 0 Å². The molecule has 1 radical (unpaired) electrons. The van der Waals surface area contributed by atoms with E-state index in [9.17, 15) is 9.90 Å². The molecule has 1 fully saturated rings. The highest BCUT2D eigenvalue weighted by molar-refractivity contribution is 6.57. The molecule has 0 saturated carbocycles. The lowest BCUT2D eigenvalue weighted by atomic mass is 9.76. The number of carboxylic acids is 1. The van der Waals surface area contributed by atoms with Gasteiger partial charge >= 0.3 is 5.97 Å². The summed E-state index contributed by atoms with van der Waals surface area (Å²) in [4.78, 5) is 10.9. The number of carbonyl (C=O) groups is 1. The summed E-state index contributed by atoms with van der Waals surface area (Å²) in [5, 5.41) is 30.7. The van der Waals surface area contributed by atoms with Gasteiger partial charge in [-0.1, -0.05) is 0 Å². The van der Waals surface area contributed by atoms with Crippen molar-refractivity contribution in [1.29, 1.82) is 0 Å². The zero-order valence-corrected chi connectivity index (χ0v) is 7.97. The smallest absolute Gasteiger partial charge is 0.316 e. The number of aliphatic hydroxyl groups excluding tert-OH is 1. The number of aliphatic hydroxyl groups is 2. The maximum atomic E-state index is 10.9. The third kappa shape index (κ3) is 1.91. The van der Waals surface area contributed by atoms with Crippen LogP contribution in [0.15, 0.2) is 24.0 Å². The largest absolute Gasteiger partial charge is 0.508 e. The number of rotatable bonds is 3. The van der Waals surface area contributed by atoms with E-state index < -0.39 is 17.0 Å². The molecular formula is C9H11BNO4. The fraction of sp³-hybridized carbons (Fsp3) is 0.444. The third-order valence-corrected chi connectivity index (χ3v) is 2.69. The summed E-state index contributed by atoms with van der Waals surface area (Å²) >= 11 is 0. The minimum absolute atomic E-state index is 0.0651. The molecule has 0 bridgehead atoms. The average Bonchev–Trinajstić information content (AvgIpc) is 2.92. The van der Waals surface area contributed by atoms with E-state index in [0.717, 1.165) is 0 Å². The molecule has 2 rings (SSSR count). The second-order valence-corrected chi connectivity index (χ2v) is 4.01. The molecule has 79 valence electrons. The molecule has 1 saturated heterocycles. The van der Waals surface area contributed by atoms with Crippen molar-refractivity contribution in [2.75, 3.05) is 0 Å². The Hall–Kier alpha value is -1.27. The van der Waals surface area contributed by atoms with Gasteiger partial charge in [-0.3, -0.25) is 4.79 Å². The van der Waals surface area contributed by atoms with Crippen LogP contribution in [0.1, 0.15) is 12.8 Å². The van der Waals surface area contributed by atoms with Crippen molar-refractivity contribution in [2.24, 2.45) is 0 Å². The van der Waals surface area contributed by atoms with Crippen LogP contribution in [0.4, 0.5) is 0 Å². The SMILES string of the molecule is O=C(O)[C@@]1(CC2(O)C=CC(O)=CC2)[B]N1. The average molecular weight is 208 g/mol. The number of aliphatic carboxylic acids is 1. The van der Waals surface area contributed by atoms with Crippen LogP contribution in [0.25, 0.3) is 0 Å². The van der Waals surface area contributed by atoms with Crippen LogP contribution in [0.2, 0.25) is 0 Å². The first-order valence-electron chi connectivity index (χ1n) is 4.62. The quantitative estimate of drug-likeness (QED) is 0.370. The van der Waals surface area contributed by atoms with Gasteiger partial charge < -0.3 is 20.5 Å². The number of hydrogen-bond donors (Lipinski definition) is 4. The lowest BCUT2D eigenvalue weighted by molar-refractivity contribution is -0.140. The van der Waals surface area contributed by atoms with Gasteiger partial charge in [0.1, 0.15) is 5.76 Å². The molecule has 2 aliphatic rings. The molecule has 6 heteroatoms. The molecule has 1 aliphatic heterocycles. The molecule has 4 N–H and O–H groups in total. The van der Waals surface area contributed by atoms with Crippen molar-refractivity contribution in [1.82, 2.24) is 5.23 Å². The fourth-order valence-electron chi connectivity index (χ4n) is 1.66. The Morgan fingerprint density at radius 1 is 1.67 bits per heavy atom. The lowest BCUT2D eigenvalue weighted by Gasteiger charge is -2.28. The Labute approximate surface area is 87.4 Å². The summed E-state index contributed by atoms with van der Waals surface area (Å²) in [6, 6.07) is 0. The first-order valence-corrected chi connectivity index (χ1v) is 4.62. The standard InChI is InChI=1S/C9H11BNO4/c12-6-1-3-8(15,4-2-6)5-9(7(13)14)10-11-9/h1-3,11-12,15H,4-5H2,(H,13,14)/t8?,9-/m0/s1. The number of nitrogens with one attached hydrogen (secondary N) is 1. The maximum absolute atomic E-state index is 10.9. The summed E-state index contributed by atoms with van der Waals surface area (Å²) in [7, 11) is 1.44. The number of allylic oxidation sites excluding steroid dienone is 1. The van der Waals surface area contributed by atoms with E-state index in [1.165, 1.54) is 25.6 Å². The molecule has 0 aromatic heterocycles. The molecular weight excluding hydrogens is 197 g/mol. The van der Waals surface area contributed by atoms with Crippen molar-refractivity contribution in [3.05, 3.63) is 24.0 Å². The highest BCUT2D eigenvalue weighted by Gasteiger charge is 2.55. The van der Waals surface area contributed by atoms with Crippen LogP contribution in [0.3, 0.4) is 0 Å². The van der Waals surface area contributed by atoms with Crippen molar-refractivity contribution < 1.29 is 20.1 Å². The fourth-order valence-corrected chi connectivity index (χ4v) is 1.66. The highest BCUT2D eigenvalue weighted by atomic mass is 16.4. The molecule has 15 heavy (non-hydrogen) atoms. The van der Waals surface area contributed by atoms with Gasteiger partial charge in [-0.05, 0) is 18.2 Å². The van der Waals surface area contributed by atoms with E-state index >= 15 is 0 Å². The zero-order valence-electron chi connectivity index (χ0n) is 7.97. The topological polar surface area (TPSA) is 99.7 Å². The molecule has 2 atom stereocenters. The van der Waals surface area contributed by atoms with Crippen LogP contribution >= 0.6 is 0 Å². The van der Waals surface area contributed by atoms with Crippen molar-refractivity contribution >= 4 is 13.4 Å². The van der Waals surface area contributed by atoms with Gasteiger partial charge in [0.2, 0.25) is 7.41 Å². The van der Waals surface area contributed by atoms with Crippen LogP contribution in [0.5, 0.6) is 0 Å². The van der Waals surface area contributed by atoms with Crippen LogP contribution in [-0.4, -0.2) is 39.7 Å². The molecule has 0 aromatic carbocycles. The minimum Gasteiger partial charge on any atom is -0.508 e. The summed E-state index contributed by atoms with van der Waals surface area (Å²) in [6.45, 7) is 0. The van der Waals surface area contributed by atoms with E-state index in [1.54, 1.807) is 0 Å². The second kappa shape index (κ2) is 3.11. The summed E-state index contributed by atoms with van der Waals surface area (Å²) < 4.78 is 0. The van der Waals surface area contributed by atoms with Crippen LogP contribution in [0, 0.1) is 0 Å². The van der Waals surface area contributed by atoms with E-state index in [2.05, 4.69) is 5.23 Å². The van der Waals surface area contributed by atoms with Crippen LogP contribution in [-0.2, 0) is 4.79 Å². The summed E-state index contributed by atoms with van der Waals surface area (Å²) in [5.41, 5.74) is -2.31. The number of hydrogen-bond acceptors (Lipinski definition) is 4. The molecule has 1 heterocycles. The van der Waals surface area contributed by atoms with Gasteiger partial charge in [0.25, 0.3) is 0 Å². The van der Waals surface area contributed by atoms with Crippen molar-refractivity contribution in [3.8, 4) is 0 Å². The normalized spacial score (nSPS) is 38.1. The first-order chi connectivity index (χ1) is 6.96. The molecule has 0 spiro atoms.